The maximum Gasteiger partial charge on any atom is 0.256 e. The van der Waals surface area contributed by atoms with Crippen LogP contribution < -0.4 is 0 Å². The van der Waals surface area contributed by atoms with E-state index < -0.39 is 0 Å². The largest absolute Gasteiger partial charge is 0.318 e. The van der Waals surface area contributed by atoms with Gasteiger partial charge >= 0.3 is 0 Å². The molecule has 0 N–H and O–H groups in total. The van der Waals surface area contributed by atoms with Crippen molar-refractivity contribution < 1.29 is 9.59 Å². The molecule has 17 heavy (non-hydrogen) atoms. The summed E-state index contributed by atoms with van der Waals surface area (Å²) >= 11 is 2.76. The third-order valence-electron chi connectivity index (χ3n) is 2.93. The highest BCUT2D eigenvalue weighted by atomic mass is 32.2. The van der Waals surface area contributed by atoms with E-state index in [-0.39, 0.29) is 16.4 Å². The maximum atomic E-state index is 12.4. The normalized spacial score (nSPS) is 23.4. The molecule has 1 fully saturated rings. The van der Waals surface area contributed by atoms with Gasteiger partial charge in [-0.15, -0.1) is 11.8 Å². The molecule has 1 atom stereocenters. The summed E-state index contributed by atoms with van der Waals surface area (Å²) in [4.78, 5) is 26.9. The van der Waals surface area contributed by atoms with Crippen molar-refractivity contribution in [2.75, 3.05) is 12.3 Å². The van der Waals surface area contributed by atoms with Crippen molar-refractivity contribution in [1.82, 2.24) is 4.90 Å². The number of benzene rings is 1. The molecule has 3 nitrogen and oxygen atoms in total. The molecule has 0 unspecified atom stereocenters. The molecule has 1 aromatic rings. The number of rotatable bonds is 0. The Morgan fingerprint density at radius 2 is 2.18 bits per heavy atom. The fraction of sp³-hybridized carbons (Fsp3) is 0.333. The van der Waals surface area contributed by atoms with Crippen molar-refractivity contribution in [2.45, 2.75) is 17.2 Å². The van der Waals surface area contributed by atoms with E-state index in [0.29, 0.717) is 12.1 Å². The zero-order valence-corrected chi connectivity index (χ0v) is 10.9. The van der Waals surface area contributed by atoms with Crippen LogP contribution in [0.5, 0.6) is 0 Å². The molecule has 3 rings (SSSR count). The molecule has 2 heterocycles. The number of nitrogens with zero attached hydrogens (tertiary/aromatic N) is 1. The van der Waals surface area contributed by atoms with Gasteiger partial charge < -0.3 is 4.90 Å². The van der Waals surface area contributed by atoms with Crippen molar-refractivity contribution in [1.29, 1.82) is 0 Å². The van der Waals surface area contributed by atoms with Gasteiger partial charge in [-0.05, 0) is 30.8 Å². The van der Waals surface area contributed by atoms with Crippen LogP contribution in [0.3, 0.4) is 0 Å². The second kappa shape index (κ2) is 4.07. The maximum absolute atomic E-state index is 12.4. The number of aryl methyl sites for hydroxylation is 1. The van der Waals surface area contributed by atoms with Gasteiger partial charge in [0, 0.05) is 17.2 Å². The summed E-state index contributed by atoms with van der Waals surface area (Å²) in [5, 5.41) is -0.219. The van der Waals surface area contributed by atoms with Crippen LogP contribution in [0.15, 0.2) is 23.1 Å². The highest BCUT2D eigenvalue weighted by molar-refractivity contribution is 8.16. The van der Waals surface area contributed by atoms with Gasteiger partial charge in [-0.3, -0.25) is 9.59 Å². The van der Waals surface area contributed by atoms with Gasteiger partial charge in [-0.1, -0.05) is 11.6 Å². The van der Waals surface area contributed by atoms with Crippen molar-refractivity contribution in [2.24, 2.45) is 0 Å². The average molecular weight is 265 g/mol. The molecule has 5 heteroatoms. The van der Waals surface area contributed by atoms with E-state index in [1.54, 1.807) is 16.7 Å². The second-order valence-corrected chi connectivity index (χ2v) is 6.38. The van der Waals surface area contributed by atoms with E-state index in [4.69, 9.17) is 0 Å². The zero-order chi connectivity index (χ0) is 12.0. The first-order valence-electron chi connectivity index (χ1n) is 5.42. The predicted octanol–water partition coefficient (Wildman–Crippen LogP) is 2.14. The minimum absolute atomic E-state index is 0.00273. The van der Waals surface area contributed by atoms with Gasteiger partial charge in [0.2, 0.25) is 5.12 Å². The fourth-order valence-corrected chi connectivity index (χ4v) is 4.31. The first-order chi connectivity index (χ1) is 8.16. The van der Waals surface area contributed by atoms with E-state index in [2.05, 4.69) is 0 Å². The second-order valence-electron chi connectivity index (χ2n) is 4.14. The zero-order valence-electron chi connectivity index (χ0n) is 9.30. The number of thioether (sulfide) groups is 2. The lowest BCUT2D eigenvalue weighted by atomic mass is 10.1. The van der Waals surface area contributed by atoms with Crippen molar-refractivity contribution in [3.63, 3.8) is 0 Å². The van der Waals surface area contributed by atoms with Gasteiger partial charge in [0.25, 0.3) is 5.91 Å². The van der Waals surface area contributed by atoms with E-state index in [9.17, 15) is 9.59 Å². The molecular formula is C12H11NO2S2. The molecule has 0 aliphatic carbocycles. The molecule has 1 aromatic carbocycles. The molecule has 0 radical (unpaired) electrons. The number of fused-ring (bicyclic) bond motifs is 2. The van der Waals surface area contributed by atoms with Crippen molar-refractivity contribution >= 4 is 34.5 Å². The Morgan fingerprint density at radius 1 is 1.35 bits per heavy atom. The Balaban J connectivity index is 2.12. The molecule has 2 aliphatic rings. The summed E-state index contributed by atoms with van der Waals surface area (Å²) in [6.07, 6.45) is 0. The molecular weight excluding hydrogens is 254 g/mol. The molecule has 0 spiro atoms. The number of hydrogen-bond donors (Lipinski definition) is 0. The van der Waals surface area contributed by atoms with Crippen LogP contribution in [0.4, 0.5) is 0 Å². The molecule has 0 aromatic heterocycles. The number of carbonyl (C=O) groups is 2. The minimum Gasteiger partial charge on any atom is -0.318 e. The van der Waals surface area contributed by atoms with Crippen molar-refractivity contribution in [3.8, 4) is 0 Å². The molecule has 1 saturated heterocycles. The Bertz CT molecular complexity index is 515. The molecule has 2 aliphatic heterocycles. The van der Waals surface area contributed by atoms with Crippen LogP contribution in [0, 0.1) is 6.92 Å². The smallest absolute Gasteiger partial charge is 0.256 e. The van der Waals surface area contributed by atoms with Crippen LogP contribution >= 0.6 is 23.5 Å². The Morgan fingerprint density at radius 3 is 3.00 bits per heavy atom. The number of carbonyl (C=O) groups excluding carboxylic acids is 2. The number of hydrogen-bond acceptors (Lipinski definition) is 4. The van der Waals surface area contributed by atoms with Gasteiger partial charge in [-0.2, -0.15) is 0 Å². The fourth-order valence-electron chi connectivity index (χ4n) is 2.09. The lowest BCUT2D eigenvalue weighted by Gasteiger charge is -2.19. The minimum atomic E-state index is -0.291. The standard InChI is InChI=1S/C12H11NO2S2/c1-7-2-3-9-8(6-7)10(14)13-4-5-16-11(13)12(15)17-9/h2-3,6,11H,4-5H2,1H3/t11-/m1/s1. The topological polar surface area (TPSA) is 37.4 Å². The highest BCUT2D eigenvalue weighted by Gasteiger charge is 2.39. The summed E-state index contributed by atoms with van der Waals surface area (Å²) in [6, 6.07) is 5.69. The lowest BCUT2D eigenvalue weighted by molar-refractivity contribution is -0.112. The van der Waals surface area contributed by atoms with Crippen molar-refractivity contribution in [3.05, 3.63) is 29.3 Å². The van der Waals surface area contributed by atoms with E-state index >= 15 is 0 Å². The van der Waals surface area contributed by atoms with Gasteiger partial charge in [0.1, 0.15) is 5.37 Å². The Kier molecular flexibility index (Phi) is 2.67. The first kappa shape index (κ1) is 11.2. The Hall–Kier alpha value is -0.940. The summed E-state index contributed by atoms with van der Waals surface area (Å²) in [5.41, 5.74) is 1.73. The predicted molar refractivity (Wildman–Crippen MR) is 69.3 cm³/mol. The first-order valence-corrected chi connectivity index (χ1v) is 7.28. The summed E-state index contributed by atoms with van der Waals surface area (Å²) in [7, 11) is 0. The van der Waals surface area contributed by atoms with Crippen LogP contribution in [0.2, 0.25) is 0 Å². The monoisotopic (exact) mass is 265 g/mol. The lowest BCUT2D eigenvalue weighted by Crippen LogP contribution is -2.36. The molecule has 88 valence electrons. The summed E-state index contributed by atoms with van der Waals surface area (Å²) in [6.45, 7) is 2.63. The summed E-state index contributed by atoms with van der Waals surface area (Å²) in [5.74, 6) is 0.848. The average Bonchev–Trinajstić information content (AvgIpc) is 2.76. The van der Waals surface area contributed by atoms with Gasteiger partial charge in [0.05, 0.1) is 5.56 Å². The van der Waals surface area contributed by atoms with E-state index in [1.807, 2.05) is 25.1 Å². The highest BCUT2D eigenvalue weighted by Crippen LogP contribution is 2.38. The molecule has 0 bridgehead atoms. The quantitative estimate of drug-likeness (QED) is 0.720. The third kappa shape index (κ3) is 1.77. The molecule has 1 amide bonds. The number of amides is 1. The SMILES string of the molecule is Cc1ccc2c(c1)C(=O)N1CCS[C@@H]1C(=O)S2. The summed E-state index contributed by atoms with van der Waals surface area (Å²) < 4.78 is 0. The van der Waals surface area contributed by atoms with Crippen LogP contribution in [-0.2, 0) is 4.79 Å². The van der Waals surface area contributed by atoms with Crippen LogP contribution in [0.1, 0.15) is 15.9 Å². The van der Waals surface area contributed by atoms with Gasteiger partial charge in [0.15, 0.2) is 0 Å². The van der Waals surface area contributed by atoms with Crippen LogP contribution in [-0.4, -0.2) is 33.6 Å². The Labute approximate surface area is 108 Å². The van der Waals surface area contributed by atoms with E-state index in [1.165, 1.54) is 11.8 Å². The van der Waals surface area contributed by atoms with Gasteiger partial charge in [-0.25, -0.2) is 0 Å². The van der Waals surface area contributed by atoms with Crippen LogP contribution in [0.25, 0.3) is 0 Å². The van der Waals surface area contributed by atoms with E-state index in [0.717, 1.165) is 16.2 Å². The third-order valence-corrected chi connectivity index (χ3v) is 5.28. The molecule has 0 saturated carbocycles.